The van der Waals surface area contributed by atoms with Crippen LogP contribution in [0.4, 0.5) is 0 Å². The normalized spacial score (nSPS) is 13.2. The zero-order valence-corrected chi connectivity index (χ0v) is 46.0. The van der Waals surface area contributed by atoms with Gasteiger partial charge in [-0.1, -0.05) is 199 Å². The number of amides is 3. The third-order valence-electron chi connectivity index (χ3n) is 12.5. The second-order valence-corrected chi connectivity index (χ2v) is 19.1. The Labute approximate surface area is 445 Å². The lowest BCUT2D eigenvalue weighted by molar-refractivity contribution is -0.131. The largest absolute Gasteiger partial charge is 0.394 e. The summed E-state index contributed by atoms with van der Waals surface area (Å²) in [4.78, 5) is 39.8. The van der Waals surface area contributed by atoms with Crippen LogP contribution in [0.1, 0.15) is 199 Å². The zero-order valence-electron chi connectivity index (χ0n) is 46.0. The van der Waals surface area contributed by atoms with Gasteiger partial charge in [-0.3, -0.25) is 14.4 Å². The number of benzene rings is 1. The first kappa shape index (κ1) is 66.0. The van der Waals surface area contributed by atoms with Crippen LogP contribution in [0.3, 0.4) is 0 Å². The molecule has 0 heterocycles. The Balaban J connectivity index is 2.66. The molecule has 0 spiro atoms. The topological polar surface area (TPSA) is 128 Å². The van der Waals surface area contributed by atoms with Gasteiger partial charge in [-0.05, 0) is 146 Å². The predicted octanol–water partition coefficient (Wildman–Crippen LogP) is 15.0. The number of aliphatic hydroxyl groups is 2. The minimum absolute atomic E-state index is 0.00517. The second-order valence-electron chi connectivity index (χ2n) is 19.1. The first-order valence-corrected chi connectivity index (χ1v) is 28.5. The summed E-state index contributed by atoms with van der Waals surface area (Å²) in [6.07, 6.45) is 67.8. The van der Waals surface area contributed by atoms with Gasteiger partial charge in [-0.25, -0.2) is 0 Å². The number of carbonyl (C=O) groups excluding carboxylic acids is 3. The van der Waals surface area contributed by atoms with Crippen LogP contribution in [-0.4, -0.2) is 59.3 Å². The molecule has 1 aromatic carbocycles. The van der Waals surface area contributed by atoms with Gasteiger partial charge in [-0.2, -0.15) is 0 Å². The summed E-state index contributed by atoms with van der Waals surface area (Å²) < 4.78 is 0. The maximum Gasteiger partial charge on any atom is 0.243 e. The SMILES string of the molecule is CCC=CCC=CCC=CCC=CCC=CCCCC(=O)NCCCC[C@H](NC(=O)CCCC=CCC=CCC=CCC=CCC=CCC)C(=O)NC(CO)(CO)CCc1ccc(CCCCCCCC)cc1. The van der Waals surface area contributed by atoms with Crippen molar-refractivity contribution in [2.45, 2.75) is 212 Å². The highest BCUT2D eigenvalue weighted by atomic mass is 16.3. The van der Waals surface area contributed by atoms with Crippen molar-refractivity contribution in [3.05, 3.63) is 157 Å². The van der Waals surface area contributed by atoms with Gasteiger partial charge < -0.3 is 26.2 Å². The number of unbranched alkanes of at least 4 members (excludes halogenated alkanes) is 8. The summed E-state index contributed by atoms with van der Waals surface area (Å²) in [6.45, 7) is 6.12. The van der Waals surface area contributed by atoms with Gasteiger partial charge in [0.25, 0.3) is 0 Å². The zero-order chi connectivity index (χ0) is 53.0. The predicted molar refractivity (Wildman–Crippen MR) is 312 cm³/mol. The summed E-state index contributed by atoms with van der Waals surface area (Å²) in [7, 11) is 0. The fraction of sp³-hybridized carbons (Fsp3) is 0.554. The van der Waals surface area contributed by atoms with E-state index in [-0.39, 0.29) is 18.2 Å². The smallest absolute Gasteiger partial charge is 0.243 e. The molecule has 0 saturated heterocycles. The average molecular weight is 1000 g/mol. The molecular formula is C65H101N3O5. The molecule has 1 atom stereocenters. The number of rotatable bonds is 46. The lowest BCUT2D eigenvalue weighted by Crippen LogP contribution is -2.59. The van der Waals surface area contributed by atoms with Crippen molar-refractivity contribution in [1.29, 1.82) is 0 Å². The Hall–Kier alpha value is -5.05. The highest BCUT2D eigenvalue weighted by Gasteiger charge is 2.33. The van der Waals surface area contributed by atoms with Gasteiger partial charge in [0.2, 0.25) is 17.7 Å². The molecule has 5 N–H and O–H groups in total. The summed E-state index contributed by atoms with van der Waals surface area (Å²) in [5.74, 6) is -0.638. The number of hydrogen-bond donors (Lipinski definition) is 5. The van der Waals surface area contributed by atoms with Crippen LogP contribution in [0.15, 0.2) is 146 Å². The molecule has 0 aromatic heterocycles. The second kappa shape index (κ2) is 49.2. The van der Waals surface area contributed by atoms with E-state index >= 15 is 0 Å². The molecule has 0 aliphatic rings. The van der Waals surface area contributed by atoms with E-state index in [9.17, 15) is 24.6 Å². The highest BCUT2D eigenvalue weighted by molar-refractivity contribution is 5.88. The summed E-state index contributed by atoms with van der Waals surface area (Å²) in [6, 6.07) is 7.66. The molecule has 0 bridgehead atoms. The number of hydrogen-bond acceptors (Lipinski definition) is 5. The van der Waals surface area contributed by atoms with Crippen LogP contribution in [0, 0.1) is 0 Å². The van der Waals surface area contributed by atoms with E-state index in [2.05, 4.69) is 183 Å². The molecule has 8 nitrogen and oxygen atoms in total. The summed E-state index contributed by atoms with van der Waals surface area (Å²) in [5.41, 5.74) is 1.12. The summed E-state index contributed by atoms with van der Waals surface area (Å²) >= 11 is 0. The minimum Gasteiger partial charge on any atom is -0.394 e. The molecule has 0 aliphatic carbocycles. The van der Waals surface area contributed by atoms with Crippen LogP contribution in [0.5, 0.6) is 0 Å². The average Bonchev–Trinajstić information content (AvgIpc) is 3.40. The lowest BCUT2D eigenvalue weighted by atomic mass is 9.91. The van der Waals surface area contributed by atoms with Crippen LogP contribution >= 0.6 is 0 Å². The van der Waals surface area contributed by atoms with Gasteiger partial charge in [0, 0.05) is 19.4 Å². The van der Waals surface area contributed by atoms with E-state index in [1.807, 2.05) is 0 Å². The monoisotopic (exact) mass is 1000 g/mol. The molecule has 73 heavy (non-hydrogen) atoms. The number of carbonyl (C=O) groups is 3. The van der Waals surface area contributed by atoms with E-state index in [4.69, 9.17) is 0 Å². The van der Waals surface area contributed by atoms with Gasteiger partial charge >= 0.3 is 0 Å². The van der Waals surface area contributed by atoms with Crippen molar-refractivity contribution < 1.29 is 24.6 Å². The third kappa shape index (κ3) is 40.1. The molecule has 0 aliphatic heterocycles. The lowest BCUT2D eigenvalue weighted by Gasteiger charge is -2.33. The van der Waals surface area contributed by atoms with Gasteiger partial charge in [0.15, 0.2) is 0 Å². The van der Waals surface area contributed by atoms with E-state index in [0.717, 1.165) is 95.5 Å². The molecule has 406 valence electrons. The van der Waals surface area contributed by atoms with Crippen molar-refractivity contribution in [2.24, 2.45) is 0 Å². The number of aryl methyl sites for hydroxylation is 2. The van der Waals surface area contributed by atoms with Crippen molar-refractivity contribution in [3.63, 3.8) is 0 Å². The van der Waals surface area contributed by atoms with Gasteiger partial charge in [0.1, 0.15) is 6.04 Å². The number of allylic oxidation sites excluding steroid dienone is 20. The molecule has 8 heteroatoms. The van der Waals surface area contributed by atoms with Crippen molar-refractivity contribution in [2.75, 3.05) is 19.8 Å². The van der Waals surface area contributed by atoms with Crippen LogP contribution in [0.25, 0.3) is 0 Å². The maximum absolute atomic E-state index is 13.9. The standard InChI is InChI=1S/C65H101N3O5/c1-4-7-10-13-16-18-20-22-24-26-28-30-32-34-36-39-42-48-62(71)66-56-45-44-47-61(67-63(72)49-43-40-37-35-33-31-29-27-25-23-21-19-17-14-11-8-5-2)64(73)68-65(57-69,58-70)55-54-60-52-50-59(51-53-60)46-41-38-15-12-9-6-3/h7-8,10-11,16-19,22-25,28-31,34-37,50-53,61,69-70H,4-6,9,12-15,20-21,26-27,32-33,38-49,54-58H2,1-3H3,(H,66,71)(H,67,72)(H,68,73)/t61-/m0/s1. The first-order valence-electron chi connectivity index (χ1n) is 28.5. The van der Waals surface area contributed by atoms with Crippen molar-refractivity contribution in [3.8, 4) is 0 Å². The Morgan fingerprint density at radius 2 is 0.890 bits per heavy atom. The van der Waals surface area contributed by atoms with Crippen molar-refractivity contribution >= 4 is 17.7 Å². The van der Waals surface area contributed by atoms with Gasteiger partial charge in [-0.15, -0.1) is 0 Å². The molecule has 0 unspecified atom stereocenters. The first-order chi connectivity index (χ1) is 35.8. The molecule has 0 saturated carbocycles. The van der Waals surface area contributed by atoms with Crippen LogP contribution in [0.2, 0.25) is 0 Å². The fourth-order valence-electron chi connectivity index (χ4n) is 7.89. The number of aliphatic hydroxyl groups excluding tert-OH is 2. The van der Waals surface area contributed by atoms with E-state index < -0.39 is 30.7 Å². The van der Waals surface area contributed by atoms with E-state index in [0.29, 0.717) is 51.5 Å². The van der Waals surface area contributed by atoms with E-state index in [1.165, 1.54) is 44.1 Å². The molecule has 1 aromatic rings. The minimum atomic E-state index is -1.25. The Bertz CT molecular complexity index is 1830. The maximum atomic E-state index is 13.9. The van der Waals surface area contributed by atoms with Crippen molar-refractivity contribution in [1.82, 2.24) is 16.0 Å². The Kier molecular flexibility index (Phi) is 44.4. The van der Waals surface area contributed by atoms with Crippen LogP contribution < -0.4 is 16.0 Å². The van der Waals surface area contributed by atoms with E-state index in [1.54, 1.807) is 0 Å². The quantitative estimate of drug-likeness (QED) is 0.0328. The Morgan fingerprint density at radius 1 is 0.479 bits per heavy atom. The molecular weight excluding hydrogens is 903 g/mol. The summed E-state index contributed by atoms with van der Waals surface area (Å²) in [5, 5.41) is 30.0. The molecule has 1 rings (SSSR count). The fourth-order valence-corrected chi connectivity index (χ4v) is 7.89. The Morgan fingerprint density at radius 3 is 1.34 bits per heavy atom. The number of nitrogens with one attached hydrogen (secondary N) is 3. The molecule has 0 fully saturated rings. The van der Waals surface area contributed by atoms with Gasteiger partial charge in [0.05, 0.1) is 18.8 Å². The highest BCUT2D eigenvalue weighted by Crippen LogP contribution is 2.18. The third-order valence-corrected chi connectivity index (χ3v) is 12.5. The molecule has 0 radical (unpaired) electrons. The van der Waals surface area contributed by atoms with Crippen LogP contribution in [-0.2, 0) is 27.2 Å². The molecule has 3 amide bonds.